The van der Waals surface area contributed by atoms with E-state index in [0.29, 0.717) is 18.9 Å². The van der Waals surface area contributed by atoms with Crippen molar-refractivity contribution in [3.8, 4) is 0 Å². The molecule has 1 heterocycles. The Bertz CT molecular complexity index is 782. The van der Waals surface area contributed by atoms with Crippen molar-refractivity contribution in [1.29, 1.82) is 0 Å². The molecule has 26 heavy (non-hydrogen) atoms. The van der Waals surface area contributed by atoms with Crippen LogP contribution < -0.4 is 5.32 Å². The molecular formula is C19H27N5O2. The van der Waals surface area contributed by atoms with Crippen molar-refractivity contribution in [2.75, 3.05) is 20.1 Å². The van der Waals surface area contributed by atoms with Gasteiger partial charge in [-0.15, -0.1) is 10.2 Å². The lowest BCUT2D eigenvalue weighted by Gasteiger charge is -2.25. The third kappa shape index (κ3) is 4.68. The number of carbonyl (C=O) groups is 2. The monoisotopic (exact) mass is 357 g/mol. The number of likely N-dealkylation sites (N-methyl/N-ethyl adjacent to an activating group) is 1. The van der Waals surface area contributed by atoms with Gasteiger partial charge in [-0.1, -0.05) is 29.8 Å². The van der Waals surface area contributed by atoms with E-state index in [1.165, 1.54) is 0 Å². The van der Waals surface area contributed by atoms with E-state index < -0.39 is 5.41 Å². The van der Waals surface area contributed by atoms with E-state index in [1.807, 2.05) is 45.0 Å². The van der Waals surface area contributed by atoms with Crippen LogP contribution in [0.1, 0.15) is 30.8 Å². The maximum Gasteiger partial charge on any atom is 0.230 e. The summed E-state index contributed by atoms with van der Waals surface area (Å²) in [5.74, 6) is 0.497. The predicted molar refractivity (Wildman–Crippen MR) is 99.6 cm³/mol. The third-order valence-corrected chi connectivity index (χ3v) is 4.58. The summed E-state index contributed by atoms with van der Waals surface area (Å²) in [6.07, 6.45) is 1.76. The molecule has 0 saturated heterocycles. The molecule has 0 aliphatic rings. The van der Waals surface area contributed by atoms with Crippen LogP contribution >= 0.6 is 0 Å². The van der Waals surface area contributed by atoms with Crippen LogP contribution in [0, 0.1) is 6.92 Å². The predicted octanol–water partition coefficient (Wildman–Crippen LogP) is 1.22. The fourth-order valence-electron chi connectivity index (χ4n) is 2.59. The van der Waals surface area contributed by atoms with Crippen LogP contribution in [-0.2, 0) is 28.5 Å². The van der Waals surface area contributed by atoms with E-state index in [4.69, 9.17) is 0 Å². The smallest absolute Gasteiger partial charge is 0.230 e. The van der Waals surface area contributed by atoms with Gasteiger partial charge in [-0.3, -0.25) is 9.59 Å². The van der Waals surface area contributed by atoms with Gasteiger partial charge in [-0.2, -0.15) is 0 Å². The second-order valence-corrected chi connectivity index (χ2v) is 7.10. The van der Waals surface area contributed by atoms with Crippen molar-refractivity contribution in [1.82, 2.24) is 25.0 Å². The zero-order chi connectivity index (χ0) is 19.3. The second-order valence-electron chi connectivity index (χ2n) is 7.10. The van der Waals surface area contributed by atoms with Gasteiger partial charge in [0.05, 0.1) is 11.8 Å². The number of hydrogen-bond acceptors (Lipinski definition) is 4. The first-order valence-electron chi connectivity index (χ1n) is 8.64. The number of nitrogens with zero attached hydrogens (tertiary/aromatic N) is 4. The van der Waals surface area contributed by atoms with Crippen LogP contribution in [0.3, 0.4) is 0 Å². The molecule has 2 aromatic rings. The summed E-state index contributed by atoms with van der Waals surface area (Å²) < 4.78 is 1.72. The highest BCUT2D eigenvalue weighted by molar-refractivity contribution is 5.87. The van der Waals surface area contributed by atoms with Crippen molar-refractivity contribution in [2.45, 2.75) is 32.6 Å². The number of aromatic nitrogens is 3. The number of rotatable bonds is 7. The van der Waals surface area contributed by atoms with E-state index in [9.17, 15) is 9.59 Å². The Morgan fingerprint density at radius 1 is 1.31 bits per heavy atom. The molecule has 140 valence electrons. The van der Waals surface area contributed by atoms with Gasteiger partial charge in [-0.05, 0) is 26.3 Å². The quantitative estimate of drug-likeness (QED) is 0.808. The van der Waals surface area contributed by atoms with E-state index in [1.54, 1.807) is 29.9 Å². The number of carbonyl (C=O) groups excluding carboxylic acids is 2. The van der Waals surface area contributed by atoms with E-state index in [-0.39, 0.29) is 18.2 Å². The largest absolute Gasteiger partial charge is 0.354 e. The highest BCUT2D eigenvalue weighted by atomic mass is 16.2. The highest BCUT2D eigenvalue weighted by Crippen LogP contribution is 2.24. The Labute approximate surface area is 154 Å². The lowest BCUT2D eigenvalue weighted by atomic mass is 9.83. The standard InChI is InChI=1S/C19H27N5O2/c1-14-7-6-8-15(11-14)19(2,3)18(26)20-9-10-23(4)17(25)12-16-22-21-13-24(16)5/h6-8,11,13H,9-10,12H2,1-5H3,(H,20,26). The fourth-order valence-corrected chi connectivity index (χ4v) is 2.59. The molecule has 7 heteroatoms. The highest BCUT2D eigenvalue weighted by Gasteiger charge is 2.29. The maximum atomic E-state index is 12.6. The number of nitrogens with one attached hydrogen (secondary N) is 1. The summed E-state index contributed by atoms with van der Waals surface area (Å²) in [6.45, 7) is 6.65. The summed E-state index contributed by atoms with van der Waals surface area (Å²) in [6, 6.07) is 7.95. The number of aryl methyl sites for hydroxylation is 2. The van der Waals surface area contributed by atoms with Crippen molar-refractivity contribution >= 4 is 11.8 Å². The van der Waals surface area contributed by atoms with Crippen LogP contribution in [0.4, 0.5) is 0 Å². The molecule has 2 rings (SSSR count). The molecule has 7 nitrogen and oxygen atoms in total. The minimum atomic E-state index is -0.632. The minimum absolute atomic E-state index is 0.0581. The van der Waals surface area contributed by atoms with E-state index in [2.05, 4.69) is 15.5 Å². The molecule has 1 N–H and O–H groups in total. The summed E-state index contributed by atoms with van der Waals surface area (Å²) in [5, 5.41) is 10.6. The average molecular weight is 357 g/mol. The fraction of sp³-hybridized carbons (Fsp3) is 0.474. The van der Waals surface area contributed by atoms with Crippen molar-refractivity contribution in [3.05, 3.63) is 47.5 Å². The summed E-state index contributed by atoms with van der Waals surface area (Å²) in [4.78, 5) is 26.4. The second kappa shape index (κ2) is 8.12. The first-order valence-corrected chi connectivity index (χ1v) is 8.64. The van der Waals surface area contributed by atoms with Crippen molar-refractivity contribution < 1.29 is 9.59 Å². The zero-order valence-electron chi connectivity index (χ0n) is 16.1. The molecule has 0 spiro atoms. The van der Waals surface area contributed by atoms with Gasteiger partial charge in [0.1, 0.15) is 12.2 Å². The first-order chi connectivity index (χ1) is 12.2. The minimum Gasteiger partial charge on any atom is -0.354 e. The Morgan fingerprint density at radius 2 is 2.04 bits per heavy atom. The van der Waals surface area contributed by atoms with Crippen molar-refractivity contribution in [2.24, 2.45) is 7.05 Å². The van der Waals surface area contributed by atoms with Gasteiger partial charge in [0.2, 0.25) is 11.8 Å². The normalized spacial score (nSPS) is 11.3. The molecular weight excluding hydrogens is 330 g/mol. The summed E-state index contributed by atoms with van der Waals surface area (Å²) >= 11 is 0. The maximum absolute atomic E-state index is 12.6. The van der Waals surface area contributed by atoms with Gasteiger partial charge >= 0.3 is 0 Å². The molecule has 1 aromatic carbocycles. The van der Waals surface area contributed by atoms with E-state index >= 15 is 0 Å². The average Bonchev–Trinajstić information content (AvgIpc) is 2.99. The molecule has 1 aromatic heterocycles. The molecule has 0 aliphatic carbocycles. The van der Waals surface area contributed by atoms with Gasteiger partial charge in [0.25, 0.3) is 0 Å². The topological polar surface area (TPSA) is 80.1 Å². The summed E-state index contributed by atoms with van der Waals surface area (Å²) in [5.41, 5.74) is 1.46. The van der Waals surface area contributed by atoms with Crippen LogP contribution in [0.5, 0.6) is 0 Å². The Morgan fingerprint density at radius 3 is 2.65 bits per heavy atom. The molecule has 0 unspecified atom stereocenters. The molecule has 0 aliphatic heterocycles. The number of benzene rings is 1. The first kappa shape index (κ1) is 19.6. The van der Waals surface area contributed by atoms with Gasteiger partial charge in [0.15, 0.2) is 0 Å². The number of amides is 2. The SMILES string of the molecule is Cc1cccc(C(C)(C)C(=O)NCCN(C)C(=O)Cc2nncn2C)c1. The molecule has 0 bridgehead atoms. The Hall–Kier alpha value is -2.70. The third-order valence-electron chi connectivity index (χ3n) is 4.58. The van der Waals surface area contributed by atoms with Gasteiger partial charge < -0.3 is 14.8 Å². The van der Waals surface area contributed by atoms with Crippen LogP contribution in [0.25, 0.3) is 0 Å². The van der Waals surface area contributed by atoms with Crippen molar-refractivity contribution in [3.63, 3.8) is 0 Å². The number of hydrogen-bond donors (Lipinski definition) is 1. The molecule has 0 saturated carbocycles. The summed E-state index contributed by atoms with van der Waals surface area (Å²) in [7, 11) is 3.52. The molecule has 2 amide bonds. The zero-order valence-corrected chi connectivity index (χ0v) is 16.1. The van der Waals surface area contributed by atoms with Crippen LogP contribution in [0.15, 0.2) is 30.6 Å². The van der Waals surface area contributed by atoms with Gasteiger partial charge in [-0.25, -0.2) is 0 Å². The van der Waals surface area contributed by atoms with Crippen LogP contribution in [-0.4, -0.2) is 51.6 Å². The Kier molecular flexibility index (Phi) is 6.13. The molecule has 0 radical (unpaired) electrons. The van der Waals surface area contributed by atoms with Crippen LogP contribution in [0.2, 0.25) is 0 Å². The molecule has 0 fully saturated rings. The molecule has 0 atom stereocenters. The lowest BCUT2D eigenvalue weighted by molar-refractivity contribution is -0.130. The van der Waals surface area contributed by atoms with E-state index in [0.717, 1.165) is 11.1 Å². The Balaban J connectivity index is 1.85. The van der Waals surface area contributed by atoms with Gasteiger partial charge in [0, 0.05) is 27.2 Å². The lowest BCUT2D eigenvalue weighted by Crippen LogP contribution is -2.44.